The average Bonchev–Trinajstić information content (AvgIpc) is 2.26. The maximum Gasteiger partial charge on any atom is 0.337 e. The Kier molecular flexibility index (Phi) is 7.66. The van der Waals surface area contributed by atoms with Gasteiger partial charge in [-0.05, 0) is 31.0 Å². The van der Waals surface area contributed by atoms with Crippen LogP contribution in [0.4, 0.5) is 4.39 Å². The molecule has 1 N–H and O–H groups in total. The molecule has 0 fully saturated rings. The van der Waals surface area contributed by atoms with Gasteiger partial charge in [-0.1, -0.05) is 11.6 Å². The summed E-state index contributed by atoms with van der Waals surface area (Å²) in [6.07, 6.45) is 1.04. The summed E-state index contributed by atoms with van der Waals surface area (Å²) in [7, 11) is 0. The molecule has 0 spiro atoms. The van der Waals surface area contributed by atoms with Gasteiger partial charge in [-0.15, -0.1) is 12.4 Å². The molecule has 0 atom stereocenters. The van der Waals surface area contributed by atoms with Crippen molar-refractivity contribution in [1.29, 1.82) is 0 Å². The molecule has 0 aliphatic rings. The summed E-state index contributed by atoms with van der Waals surface area (Å²) >= 11 is 5.69. The largest absolute Gasteiger partial charge is 0.494 e. The number of halogens is 3. The van der Waals surface area contributed by atoms with Gasteiger partial charge in [0.1, 0.15) is 5.75 Å². The number of carbonyl (C=O) groups is 1. The molecule has 96 valence electrons. The summed E-state index contributed by atoms with van der Waals surface area (Å²) in [4.78, 5) is 10.8. The molecule has 0 aliphatic heterocycles. The molecule has 0 unspecified atom stereocenters. The number of aromatic carboxylic acids is 1. The second kappa shape index (κ2) is 8.14. The second-order valence-corrected chi connectivity index (χ2v) is 3.60. The van der Waals surface area contributed by atoms with Crippen molar-refractivity contribution in [1.82, 2.24) is 0 Å². The number of carboxylic acids is 1. The van der Waals surface area contributed by atoms with Gasteiger partial charge in [0.15, 0.2) is 0 Å². The van der Waals surface area contributed by atoms with E-state index in [4.69, 9.17) is 21.4 Å². The Hall–Kier alpha value is -1.00. The monoisotopic (exact) mass is 282 g/mol. The van der Waals surface area contributed by atoms with E-state index in [9.17, 15) is 9.18 Å². The predicted molar refractivity (Wildman–Crippen MR) is 66.4 cm³/mol. The predicted octanol–water partition coefficient (Wildman–Crippen LogP) is 3.59. The lowest BCUT2D eigenvalue weighted by atomic mass is 10.2. The number of alkyl halides is 1. The number of hydrogen-bond acceptors (Lipinski definition) is 2. The van der Waals surface area contributed by atoms with Crippen LogP contribution in [0.2, 0.25) is 5.02 Å². The van der Waals surface area contributed by atoms with Crippen LogP contribution in [-0.4, -0.2) is 24.4 Å². The smallest absolute Gasteiger partial charge is 0.337 e. The molecule has 17 heavy (non-hydrogen) atoms. The zero-order valence-electron chi connectivity index (χ0n) is 8.99. The van der Waals surface area contributed by atoms with E-state index in [2.05, 4.69) is 0 Å². The minimum Gasteiger partial charge on any atom is -0.494 e. The van der Waals surface area contributed by atoms with E-state index in [0.29, 0.717) is 25.2 Å². The first-order chi connectivity index (χ1) is 7.65. The Morgan fingerprint density at radius 1 is 1.41 bits per heavy atom. The first kappa shape index (κ1) is 16.0. The molecular weight excluding hydrogens is 270 g/mol. The maximum atomic E-state index is 11.8. The molecule has 0 bridgehead atoms. The van der Waals surface area contributed by atoms with Gasteiger partial charge in [-0.2, -0.15) is 0 Å². The van der Waals surface area contributed by atoms with Gasteiger partial charge in [-0.3, -0.25) is 4.39 Å². The molecule has 3 nitrogen and oxygen atoms in total. The van der Waals surface area contributed by atoms with E-state index in [1.165, 1.54) is 12.1 Å². The number of benzene rings is 1. The number of carboxylic acid groups (broad SMARTS) is 1. The van der Waals surface area contributed by atoms with Crippen molar-refractivity contribution in [2.75, 3.05) is 13.3 Å². The van der Waals surface area contributed by atoms with Gasteiger partial charge in [0.25, 0.3) is 0 Å². The molecule has 0 aromatic heterocycles. The molecule has 0 amide bonds. The highest BCUT2D eigenvalue weighted by Gasteiger charge is 2.09. The molecule has 0 saturated carbocycles. The van der Waals surface area contributed by atoms with Crippen LogP contribution in [-0.2, 0) is 0 Å². The van der Waals surface area contributed by atoms with Crippen molar-refractivity contribution >= 4 is 30.0 Å². The zero-order chi connectivity index (χ0) is 12.0. The molecule has 0 radical (unpaired) electrons. The molecule has 0 saturated heterocycles. The zero-order valence-corrected chi connectivity index (χ0v) is 10.6. The maximum absolute atomic E-state index is 11.8. The summed E-state index contributed by atoms with van der Waals surface area (Å²) in [6.45, 7) is -0.00499. The van der Waals surface area contributed by atoms with E-state index < -0.39 is 5.97 Å². The fraction of sp³-hybridized carbons (Fsp3) is 0.364. The van der Waals surface area contributed by atoms with Gasteiger partial charge in [0.05, 0.1) is 23.9 Å². The van der Waals surface area contributed by atoms with Crippen LogP contribution < -0.4 is 4.74 Å². The number of rotatable bonds is 6. The normalized spacial score (nSPS) is 9.53. The number of ether oxygens (including phenoxy) is 1. The summed E-state index contributed by atoms with van der Waals surface area (Å²) in [6, 6.07) is 4.42. The molecule has 0 aliphatic carbocycles. The minimum absolute atomic E-state index is 0. The van der Waals surface area contributed by atoms with Crippen molar-refractivity contribution in [2.24, 2.45) is 0 Å². The van der Waals surface area contributed by atoms with E-state index >= 15 is 0 Å². The van der Waals surface area contributed by atoms with Gasteiger partial charge in [-0.25, -0.2) is 4.79 Å². The quantitative estimate of drug-likeness (QED) is 0.811. The van der Waals surface area contributed by atoms with Crippen LogP contribution >= 0.6 is 24.0 Å². The SMILES string of the molecule is Cl.O=C(O)c1cc(OCCCCF)ccc1Cl. The lowest BCUT2D eigenvalue weighted by Crippen LogP contribution is -2.01. The van der Waals surface area contributed by atoms with Crippen LogP contribution in [0.25, 0.3) is 0 Å². The minimum atomic E-state index is -1.10. The average molecular weight is 283 g/mol. The second-order valence-electron chi connectivity index (χ2n) is 3.19. The topological polar surface area (TPSA) is 46.5 Å². The first-order valence-electron chi connectivity index (χ1n) is 4.86. The van der Waals surface area contributed by atoms with E-state index in [0.717, 1.165) is 0 Å². The Labute approximate surface area is 110 Å². The third-order valence-electron chi connectivity index (χ3n) is 1.96. The first-order valence-corrected chi connectivity index (χ1v) is 5.24. The molecule has 0 heterocycles. The fourth-order valence-electron chi connectivity index (χ4n) is 1.14. The van der Waals surface area contributed by atoms with Crippen LogP contribution in [0.1, 0.15) is 23.2 Å². The van der Waals surface area contributed by atoms with Gasteiger partial charge in [0, 0.05) is 0 Å². The Morgan fingerprint density at radius 2 is 2.12 bits per heavy atom. The molecule has 6 heteroatoms. The van der Waals surface area contributed by atoms with Crippen LogP contribution in [0.3, 0.4) is 0 Å². The summed E-state index contributed by atoms with van der Waals surface area (Å²) in [5.74, 6) is -0.667. The lowest BCUT2D eigenvalue weighted by Gasteiger charge is -2.06. The number of unbranched alkanes of at least 4 members (excludes halogenated alkanes) is 1. The fourth-order valence-corrected chi connectivity index (χ4v) is 1.34. The number of hydrogen-bond donors (Lipinski definition) is 1. The molecular formula is C11H13Cl2FO3. The Bertz CT molecular complexity index is 372. The van der Waals surface area contributed by atoms with E-state index in [1.807, 2.05) is 0 Å². The summed E-state index contributed by atoms with van der Waals surface area (Å²) in [5.41, 5.74) is 0.00431. The standard InChI is InChI=1S/C11H12ClFO3.ClH/c12-10-4-3-8(7-9(10)11(14)15)16-6-2-1-5-13;/h3-4,7H,1-2,5-6H2,(H,14,15);1H. The molecule has 1 aromatic rings. The molecule has 1 rings (SSSR count). The Morgan fingerprint density at radius 3 is 2.71 bits per heavy atom. The highest BCUT2D eigenvalue weighted by Crippen LogP contribution is 2.22. The Balaban J connectivity index is 0.00000256. The van der Waals surface area contributed by atoms with Crippen molar-refractivity contribution in [3.05, 3.63) is 28.8 Å². The van der Waals surface area contributed by atoms with Gasteiger partial charge < -0.3 is 9.84 Å². The van der Waals surface area contributed by atoms with Gasteiger partial charge in [0.2, 0.25) is 0 Å². The summed E-state index contributed by atoms with van der Waals surface area (Å²) in [5, 5.41) is 8.98. The van der Waals surface area contributed by atoms with Crippen molar-refractivity contribution < 1.29 is 19.0 Å². The lowest BCUT2D eigenvalue weighted by molar-refractivity contribution is 0.0696. The molecule has 1 aromatic carbocycles. The van der Waals surface area contributed by atoms with Crippen LogP contribution in [0.15, 0.2) is 18.2 Å². The van der Waals surface area contributed by atoms with E-state index in [1.54, 1.807) is 6.07 Å². The highest BCUT2D eigenvalue weighted by molar-refractivity contribution is 6.33. The third kappa shape index (κ3) is 5.24. The summed E-state index contributed by atoms with van der Waals surface area (Å²) < 4.78 is 17.1. The van der Waals surface area contributed by atoms with Crippen molar-refractivity contribution in [2.45, 2.75) is 12.8 Å². The van der Waals surface area contributed by atoms with Crippen LogP contribution in [0.5, 0.6) is 5.75 Å². The van der Waals surface area contributed by atoms with Crippen LogP contribution in [0, 0.1) is 0 Å². The highest BCUT2D eigenvalue weighted by atomic mass is 35.5. The van der Waals surface area contributed by atoms with Crippen molar-refractivity contribution in [3.63, 3.8) is 0 Å². The van der Waals surface area contributed by atoms with Crippen molar-refractivity contribution in [3.8, 4) is 5.75 Å². The van der Waals surface area contributed by atoms with Gasteiger partial charge >= 0.3 is 5.97 Å². The van der Waals surface area contributed by atoms with E-state index in [-0.39, 0.29) is 29.7 Å². The third-order valence-corrected chi connectivity index (χ3v) is 2.29.